The predicted octanol–water partition coefficient (Wildman–Crippen LogP) is 1.91. The van der Waals surface area contributed by atoms with Crippen LogP contribution in [0.4, 0.5) is 0 Å². The number of carbonyl (C=O) groups is 1. The second kappa shape index (κ2) is 6.20. The zero-order valence-corrected chi connectivity index (χ0v) is 12.0. The summed E-state index contributed by atoms with van der Waals surface area (Å²) in [5.74, 6) is 0.147. The maximum atomic E-state index is 12.2. The lowest BCUT2D eigenvalue weighted by molar-refractivity contribution is -0.130. The predicted molar refractivity (Wildman–Crippen MR) is 78.1 cm³/mol. The van der Waals surface area contributed by atoms with Crippen LogP contribution in [0.15, 0.2) is 18.2 Å². The molecule has 2 N–H and O–H groups in total. The number of carbonyl (C=O) groups excluding carboxylic acids is 1. The summed E-state index contributed by atoms with van der Waals surface area (Å²) in [6.45, 7) is 2.48. The lowest BCUT2D eigenvalue weighted by atomic mass is 9.90. The Morgan fingerprint density at radius 3 is 2.68 bits per heavy atom. The van der Waals surface area contributed by atoms with Crippen LogP contribution in [-0.2, 0) is 24.1 Å². The summed E-state index contributed by atoms with van der Waals surface area (Å²) in [5.41, 5.74) is 9.63. The summed E-state index contributed by atoms with van der Waals surface area (Å²) in [6.07, 6.45) is 5.39. The first-order valence-corrected chi connectivity index (χ1v) is 7.18. The van der Waals surface area contributed by atoms with Gasteiger partial charge < -0.3 is 10.6 Å². The Bertz CT molecular complexity index is 456. The minimum absolute atomic E-state index is 0.102. The number of hydrogen-bond donors (Lipinski definition) is 1. The minimum Gasteiger partial charge on any atom is -0.341 e. The van der Waals surface area contributed by atoms with E-state index in [1.54, 1.807) is 4.90 Å². The van der Waals surface area contributed by atoms with Crippen molar-refractivity contribution < 1.29 is 4.79 Å². The molecule has 0 radical (unpaired) electrons. The highest BCUT2D eigenvalue weighted by Gasteiger charge is 2.16. The van der Waals surface area contributed by atoms with Gasteiger partial charge in [0, 0.05) is 19.6 Å². The topological polar surface area (TPSA) is 46.3 Å². The molecule has 1 amide bonds. The van der Waals surface area contributed by atoms with Crippen molar-refractivity contribution in [2.45, 2.75) is 45.1 Å². The number of amides is 1. The van der Waals surface area contributed by atoms with Gasteiger partial charge in [0.15, 0.2) is 0 Å². The van der Waals surface area contributed by atoms with Gasteiger partial charge in [-0.1, -0.05) is 18.2 Å². The van der Waals surface area contributed by atoms with Crippen LogP contribution in [0.5, 0.6) is 0 Å². The molecular formula is C16H24N2O. The lowest BCUT2D eigenvalue weighted by Crippen LogP contribution is -2.40. The number of benzene rings is 1. The molecule has 2 rings (SSSR count). The van der Waals surface area contributed by atoms with Gasteiger partial charge in [-0.3, -0.25) is 4.79 Å². The molecule has 1 atom stereocenters. The molecule has 3 nitrogen and oxygen atoms in total. The summed E-state index contributed by atoms with van der Waals surface area (Å²) in [5, 5.41) is 0. The average molecular weight is 260 g/mol. The molecule has 3 heteroatoms. The van der Waals surface area contributed by atoms with Crippen molar-refractivity contribution in [2.24, 2.45) is 5.73 Å². The zero-order chi connectivity index (χ0) is 13.8. The van der Waals surface area contributed by atoms with Gasteiger partial charge in [-0.05, 0) is 49.3 Å². The first-order chi connectivity index (χ1) is 9.11. The molecule has 19 heavy (non-hydrogen) atoms. The van der Waals surface area contributed by atoms with Crippen molar-refractivity contribution in [2.75, 3.05) is 13.6 Å². The third-order valence-corrected chi connectivity index (χ3v) is 4.16. The van der Waals surface area contributed by atoms with Gasteiger partial charge >= 0.3 is 0 Å². The molecule has 0 aliphatic heterocycles. The maximum Gasteiger partial charge on any atom is 0.227 e. The van der Waals surface area contributed by atoms with E-state index in [1.807, 2.05) is 14.0 Å². The van der Waals surface area contributed by atoms with Gasteiger partial charge in [0.25, 0.3) is 0 Å². The monoisotopic (exact) mass is 260 g/mol. The van der Waals surface area contributed by atoms with Crippen molar-refractivity contribution >= 4 is 5.91 Å². The molecule has 1 unspecified atom stereocenters. The van der Waals surface area contributed by atoms with E-state index in [2.05, 4.69) is 18.2 Å². The highest BCUT2D eigenvalue weighted by Crippen LogP contribution is 2.22. The molecule has 1 aliphatic carbocycles. The van der Waals surface area contributed by atoms with E-state index in [1.165, 1.54) is 30.4 Å². The minimum atomic E-state index is 0.102. The third-order valence-electron chi connectivity index (χ3n) is 4.16. The van der Waals surface area contributed by atoms with E-state index in [9.17, 15) is 4.79 Å². The number of likely N-dealkylation sites (N-methyl/N-ethyl adjacent to an activating group) is 1. The van der Waals surface area contributed by atoms with E-state index in [0.717, 1.165) is 12.0 Å². The molecule has 1 aromatic rings. The van der Waals surface area contributed by atoms with E-state index >= 15 is 0 Å². The molecule has 1 aliphatic rings. The normalized spacial score (nSPS) is 15.7. The molecule has 1 aromatic carbocycles. The average Bonchev–Trinajstić information content (AvgIpc) is 2.45. The lowest BCUT2D eigenvalue weighted by Gasteiger charge is -2.24. The second-order valence-electron chi connectivity index (χ2n) is 5.58. The fraction of sp³-hybridized carbons (Fsp3) is 0.562. The SMILES string of the molecule is CC(CN)N(C)C(=O)Cc1ccc2c(c1)CCCC2. The van der Waals surface area contributed by atoms with Gasteiger partial charge in [0.1, 0.15) is 0 Å². The van der Waals surface area contributed by atoms with Crippen LogP contribution in [0.25, 0.3) is 0 Å². The molecule has 0 aromatic heterocycles. The van der Waals surface area contributed by atoms with Gasteiger partial charge in [-0.15, -0.1) is 0 Å². The van der Waals surface area contributed by atoms with E-state index in [0.29, 0.717) is 13.0 Å². The number of hydrogen-bond acceptors (Lipinski definition) is 2. The van der Waals surface area contributed by atoms with Gasteiger partial charge in [-0.2, -0.15) is 0 Å². The Hall–Kier alpha value is -1.35. The van der Waals surface area contributed by atoms with Crippen LogP contribution in [0.2, 0.25) is 0 Å². The Kier molecular flexibility index (Phi) is 4.59. The van der Waals surface area contributed by atoms with Crippen molar-refractivity contribution in [1.82, 2.24) is 4.90 Å². The van der Waals surface area contributed by atoms with Gasteiger partial charge in [-0.25, -0.2) is 0 Å². The van der Waals surface area contributed by atoms with Crippen molar-refractivity contribution in [3.63, 3.8) is 0 Å². The van der Waals surface area contributed by atoms with Gasteiger partial charge in [0.2, 0.25) is 5.91 Å². The summed E-state index contributed by atoms with van der Waals surface area (Å²) in [7, 11) is 1.83. The molecule has 0 bridgehead atoms. The summed E-state index contributed by atoms with van der Waals surface area (Å²) >= 11 is 0. The van der Waals surface area contributed by atoms with Crippen LogP contribution in [-0.4, -0.2) is 30.4 Å². The number of nitrogens with two attached hydrogens (primary N) is 1. The van der Waals surface area contributed by atoms with E-state index in [-0.39, 0.29) is 11.9 Å². The molecule has 0 saturated carbocycles. The van der Waals surface area contributed by atoms with Gasteiger partial charge in [0.05, 0.1) is 6.42 Å². The molecule has 0 heterocycles. The highest BCUT2D eigenvalue weighted by atomic mass is 16.2. The van der Waals surface area contributed by atoms with Crippen LogP contribution in [0.3, 0.4) is 0 Å². The number of rotatable bonds is 4. The summed E-state index contributed by atoms with van der Waals surface area (Å²) in [4.78, 5) is 13.9. The smallest absolute Gasteiger partial charge is 0.227 e. The first kappa shape index (κ1) is 14.1. The summed E-state index contributed by atoms with van der Waals surface area (Å²) < 4.78 is 0. The standard InChI is InChI=1S/C16H24N2O/c1-12(11-17)18(2)16(19)10-13-7-8-14-5-3-4-6-15(14)9-13/h7-9,12H,3-6,10-11,17H2,1-2H3. The van der Waals surface area contributed by atoms with Crippen LogP contribution in [0, 0.1) is 0 Å². The van der Waals surface area contributed by atoms with Crippen molar-refractivity contribution in [1.29, 1.82) is 0 Å². The molecule has 104 valence electrons. The molecule has 0 saturated heterocycles. The number of fused-ring (bicyclic) bond motifs is 1. The Balaban J connectivity index is 2.05. The largest absolute Gasteiger partial charge is 0.341 e. The number of nitrogens with zero attached hydrogens (tertiary/aromatic N) is 1. The Morgan fingerprint density at radius 2 is 2.00 bits per heavy atom. The first-order valence-electron chi connectivity index (χ1n) is 7.18. The quantitative estimate of drug-likeness (QED) is 0.899. The van der Waals surface area contributed by atoms with Crippen molar-refractivity contribution in [3.05, 3.63) is 34.9 Å². The fourth-order valence-electron chi connectivity index (χ4n) is 2.60. The van der Waals surface area contributed by atoms with Crippen LogP contribution >= 0.6 is 0 Å². The third kappa shape index (κ3) is 3.35. The molecular weight excluding hydrogens is 236 g/mol. The second-order valence-corrected chi connectivity index (χ2v) is 5.58. The van der Waals surface area contributed by atoms with Crippen molar-refractivity contribution in [3.8, 4) is 0 Å². The van der Waals surface area contributed by atoms with E-state index < -0.39 is 0 Å². The molecule has 0 fully saturated rings. The number of aryl methyl sites for hydroxylation is 2. The maximum absolute atomic E-state index is 12.2. The Morgan fingerprint density at radius 1 is 1.32 bits per heavy atom. The fourth-order valence-corrected chi connectivity index (χ4v) is 2.60. The van der Waals surface area contributed by atoms with Crippen LogP contribution in [0.1, 0.15) is 36.5 Å². The summed E-state index contributed by atoms with van der Waals surface area (Å²) in [6, 6.07) is 6.62. The zero-order valence-electron chi connectivity index (χ0n) is 12.0. The Labute approximate surface area is 115 Å². The highest BCUT2D eigenvalue weighted by molar-refractivity contribution is 5.78. The molecule has 0 spiro atoms. The van der Waals surface area contributed by atoms with Crippen LogP contribution < -0.4 is 5.73 Å². The van der Waals surface area contributed by atoms with E-state index in [4.69, 9.17) is 5.73 Å².